The molecule has 1 amide bonds. The van der Waals surface area contributed by atoms with Crippen LogP contribution in [0.1, 0.15) is 10.4 Å². The molecule has 0 bridgehead atoms. The van der Waals surface area contributed by atoms with E-state index >= 15 is 0 Å². The fourth-order valence-electron chi connectivity index (χ4n) is 1.89. The number of halogens is 1. The van der Waals surface area contributed by atoms with Gasteiger partial charge in [0.05, 0.1) is 18.0 Å². The van der Waals surface area contributed by atoms with Crippen LogP contribution in [0.2, 0.25) is 0 Å². The zero-order valence-electron chi connectivity index (χ0n) is 12.7. The van der Waals surface area contributed by atoms with Gasteiger partial charge in [0.25, 0.3) is 0 Å². The predicted octanol–water partition coefficient (Wildman–Crippen LogP) is 2.13. The molecule has 2 aromatic rings. The summed E-state index contributed by atoms with van der Waals surface area (Å²) in [6.45, 7) is 2.01. The van der Waals surface area contributed by atoms with Crippen molar-refractivity contribution < 1.29 is 17.6 Å². The summed E-state index contributed by atoms with van der Waals surface area (Å²) in [6.07, 6.45) is 0. The Morgan fingerprint density at radius 1 is 1.26 bits per heavy atom. The molecule has 0 saturated carbocycles. The molecule has 0 fully saturated rings. The van der Waals surface area contributed by atoms with Crippen molar-refractivity contribution in [3.63, 3.8) is 0 Å². The van der Waals surface area contributed by atoms with E-state index in [-0.39, 0.29) is 11.4 Å². The third-order valence-corrected chi connectivity index (χ3v) is 6.14. The zero-order valence-corrected chi connectivity index (χ0v) is 14.4. The number of nitrogens with zero attached hydrogens (tertiary/aromatic N) is 1. The Morgan fingerprint density at radius 2 is 1.91 bits per heavy atom. The topological polar surface area (TPSA) is 66.5 Å². The van der Waals surface area contributed by atoms with Gasteiger partial charge in [0.2, 0.25) is 15.9 Å². The molecule has 0 atom stereocenters. The summed E-state index contributed by atoms with van der Waals surface area (Å²) in [6, 6.07) is 6.44. The lowest BCUT2D eigenvalue weighted by atomic mass is 10.3. The van der Waals surface area contributed by atoms with Crippen molar-refractivity contribution in [1.82, 2.24) is 9.62 Å². The number of carbonyl (C=O) groups excluding carboxylic acids is 1. The molecule has 0 unspecified atom stereocenters. The Bertz CT molecular complexity index is 785. The fourth-order valence-corrected chi connectivity index (χ4v) is 3.87. The first-order valence-electron chi connectivity index (χ1n) is 6.82. The molecule has 1 aromatic heterocycles. The number of nitrogens with one attached hydrogen (secondary N) is 1. The van der Waals surface area contributed by atoms with E-state index in [0.717, 1.165) is 26.9 Å². The Labute approximate surface area is 138 Å². The highest BCUT2D eigenvalue weighted by Crippen LogP contribution is 2.16. The number of hydrogen-bond donors (Lipinski definition) is 1. The summed E-state index contributed by atoms with van der Waals surface area (Å²) in [5.74, 6) is -0.915. The molecule has 0 aliphatic heterocycles. The highest BCUT2D eigenvalue weighted by molar-refractivity contribution is 7.89. The lowest BCUT2D eigenvalue weighted by Gasteiger charge is -2.16. The van der Waals surface area contributed by atoms with Crippen molar-refractivity contribution in [2.24, 2.45) is 0 Å². The van der Waals surface area contributed by atoms with E-state index in [9.17, 15) is 17.6 Å². The van der Waals surface area contributed by atoms with Crippen molar-refractivity contribution in [3.8, 4) is 0 Å². The van der Waals surface area contributed by atoms with E-state index in [0.29, 0.717) is 6.54 Å². The lowest BCUT2D eigenvalue weighted by Crippen LogP contribution is -2.38. The summed E-state index contributed by atoms with van der Waals surface area (Å²) >= 11 is 1.53. The lowest BCUT2D eigenvalue weighted by molar-refractivity contribution is -0.121. The van der Waals surface area contributed by atoms with Gasteiger partial charge in [-0.15, -0.1) is 11.3 Å². The maximum Gasteiger partial charge on any atom is 0.243 e. The van der Waals surface area contributed by atoms with Crippen LogP contribution in [-0.4, -0.2) is 32.2 Å². The van der Waals surface area contributed by atoms with Gasteiger partial charge in [-0.1, -0.05) is 0 Å². The van der Waals surface area contributed by atoms with Crippen LogP contribution < -0.4 is 5.32 Å². The van der Waals surface area contributed by atoms with Crippen molar-refractivity contribution in [2.45, 2.75) is 18.4 Å². The monoisotopic (exact) mass is 356 g/mol. The summed E-state index contributed by atoms with van der Waals surface area (Å²) < 4.78 is 38.4. The average molecular weight is 356 g/mol. The van der Waals surface area contributed by atoms with Crippen LogP contribution in [0, 0.1) is 12.7 Å². The minimum Gasteiger partial charge on any atom is -0.350 e. The second kappa shape index (κ2) is 7.20. The number of aryl methyl sites for hydroxylation is 1. The average Bonchev–Trinajstić information content (AvgIpc) is 2.91. The number of hydrogen-bond acceptors (Lipinski definition) is 4. The molecule has 0 aliphatic carbocycles. The maximum absolute atomic E-state index is 12.9. The first-order valence-corrected chi connectivity index (χ1v) is 9.14. The Kier molecular flexibility index (Phi) is 5.51. The van der Waals surface area contributed by atoms with Gasteiger partial charge in [-0.05, 0) is 48.2 Å². The number of carbonyl (C=O) groups is 1. The summed E-state index contributed by atoms with van der Waals surface area (Å²) in [5.41, 5.74) is 1.09. The predicted molar refractivity (Wildman–Crippen MR) is 87.1 cm³/mol. The van der Waals surface area contributed by atoms with Gasteiger partial charge >= 0.3 is 0 Å². The second-order valence-corrected chi connectivity index (χ2v) is 8.06. The van der Waals surface area contributed by atoms with E-state index < -0.39 is 21.7 Å². The second-order valence-electron chi connectivity index (χ2n) is 5.02. The molecule has 1 aromatic carbocycles. The van der Waals surface area contributed by atoms with Crippen molar-refractivity contribution in [2.75, 3.05) is 13.6 Å². The van der Waals surface area contributed by atoms with Crippen LogP contribution in [0.4, 0.5) is 4.39 Å². The number of rotatable bonds is 6. The summed E-state index contributed by atoms with van der Waals surface area (Å²) in [7, 11) is -2.51. The fraction of sp³-hybridized carbons (Fsp3) is 0.267. The highest BCUT2D eigenvalue weighted by Gasteiger charge is 2.22. The van der Waals surface area contributed by atoms with Gasteiger partial charge in [-0.2, -0.15) is 4.31 Å². The van der Waals surface area contributed by atoms with Crippen LogP contribution in [-0.2, 0) is 21.4 Å². The zero-order chi connectivity index (χ0) is 17.0. The van der Waals surface area contributed by atoms with E-state index in [4.69, 9.17) is 0 Å². The molecule has 1 N–H and O–H groups in total. The van der Waals surface area contributed by atoms with E-state index in [1.165, 1.54) is 30.5 Å². The van der Waals surface area contributed by atoms with Gasteiger partial charge in [-0.3, -0.25) is 4.79 Å². The normalized spacial score (nSPS) is 11.7. The van der Waals surface area contributed by atoms with Gasteiger partial charge < -0.3 is 5.32 Å². The molecule has 0 radical (unpaired) electrons. The van der Waals surface area contributed by atoms with Crippen LogP contribution >= 0.6 is 11.3 Å². The summed E-state index contributed by atoms with van der Waals surface area (Å²) in [4.78, 5) is 12.9. The number of thiophene rings is 1. The SMILES string of the molecule is Cc1ccsc1CNC(=O)CN(C)S(=O)(=O)c1ccc(F)cc1. The van der Waals surface area contributed by atoms with Crippen LogP contribution in [0.15, 0.2) is 40.6 Å². The molecule has 1 heterocycles. The first-order chi connectivity index (χ1) is 10.8. The molecular formula is C15H17FN2O3S2. The van der Waals surface area contributed by atoms with Crippen molar-refractivity contribution >= 4 is 27.3 Å². The summed E-state index contributed by atoms with van der Waals surface area (Å²) in [5, 5.41) is 4.63. The van der Waals surface area contributed by atoms with E-state index in [1.54, 1.807) is 0 Å². The molecule has 0 aliphatic rings. The Balaban J connectivity index is 1.97. The molecule has 0 spiro atoms. The van der Waals surface area contributed by atoms with Crippen LogP contribution in [0.3, 0.4) is 0 Å². The maximum atomic E-state index is 12.9. The molecule has 8 heteroatoms. The van der Waals surface area contributed by atoms with Crippen LogP contribution in [0.25, 0.3) is 0 Å². The molecular weight excluding hydrogens is 339 g/mol. The molecule has 2 rings (SSSR count). The minimum absolute atomic E-state index is 0.0525. The standard InChI is InChI=1S/C15H17FN2O3S2/c1-11-7-8-22-14(11)9-17-15(19)10-18(2)23(20,21)13-5-3-12(16)4-6-13/h3-8H,9-10H2,1-2H3,(H,17,19). The number of benzene rings is 1. The quantitative estimate of drug-likeness (QED) is 0.862. The van der Waals surface area contributed by atoms with E-state index in [1.807, 2.05) is 18.4 Å². The van der Waals surface area contributed by atoms with Gasteiger partial charge in [-0.25, -0.2) is 12.8 Å². The van der Waals surface area contributed by atoms with Gasteiger partial charge in [0.15, 0.2) is 0 Å². The third-order valence-electron chi connectivity index (χ3n) is 3.30. The Morgan fingerprint density at radius 3 is 2.48 bits per heavy atom. The Hall–Kier alpha value is -1.77. The highest BCUT2D eigenvalue weighted by atomic mass is 32.2. The van der Waals surface area contributed by atoms with Crippen molar-refractivity contribution in [3.05, 3.63) is 52.0 Å². The molecule has 124 valence electrons. The van der Waals surface area contributed by atoms with Crippen molar-refractivity contribution in [1.29, 1.82) is 0 Å². The number of sulfonamides is 1. The molecule has 23 heavy (non-hydrogen) atoms. The number of amides is 1. The molecule has 5 nitrogen and oxygen atoms in total. The first kappa shape index (κ1) is 17.6. The van der Waals surface area contributed by atoms with Gasteiger partial charge in [0.1, 0.15) is 5.82 Å². The third kappa shape index (κ3) is 4.37. The number of likely N-dealkylation sites (N-methyl/N-ethyl adjacent to an activating group) is 1. The van der Waals surface area contributed by atoms with Crippen LogP contribution in [0.5, 0.6) is 0 Å². The van der Waals surface area contributed by atoms with Gasteiger partial charge in [0, 0.05) is 11.9 Å². The molecule has 0 saturated heterocycles. The van der Waals surface area contributed by atoms with E-state index in [2.05, 4.69) is 5.32 Å². The largest absolute Gasteiger partial charge is 0.350 e. The minimum atomic E-state index is -3.82. The smallest absolute Gasteiger partial charge is 0.243 e.